The molecule has 0 aromatic rings. The van der Waals surface area contributed by atoms with Crippen molar-refractivity contribution < 1.29 is 14.6 Å². The van der Waals surface area contributed by atoms with Crippen LogP contribution in [0.2, 0.25) is 0 Å². The van der Waals surface area contributed by atoms with Crippen molar-refractivity contribution in [1.82, 2.24) is 5.32 Å². The maximum Gasteiger partial charge on any atom is 0.249 e. The highest BCUT2D eigenvalue weighted by Crippen LogP contribution is 2.19. The molecule has 4 N–H and O–H groups in total. The molecule has 0 bridgehead atoms. The second kappa shape index (κ2) is 6.93. The van der Waals surface area contributed by atoms with Crippen LogP contribution in [0.25, 0.3) is 0 Å². The number of carbonyl (C=O) groups excluding carboxylic acids is 1. The molecule has 0 radical (unpaired) electrons. The molecule has 1 fully saturated rings. The Morgan fingerprint density at radius 1 is 1.53 bits per heavy atom. The van der Waals surface area contributed by atoms with Gasteiger partial charge in [0.05, 0.1) is 6.10 Å². The van der Waals surface area contributed by atoms with E-state index in [0.717, 1.165) is 12.8 Å². The van der Waals surface area contributed by atoms with Crippen LogP contribution in [0.1, 0.15) is 33.1 Å². The van der Waals surface area contributed by atoms with Gasteiger partial charge >= 0.3 is 0 Å². The fourth-order valence-electron chi connectivity index (χ4n) is 2.06. The maximum absolute atomic E-state index is 11.9. The highest BCUT2D eigenvalue weighted by atomic mass is 16.5. The molecule has 1 aliphatic heterocycles. The Labute approximate surface area is 103 Å². The molecule has 1 saturated heterocycles. The van der Waals surface area contributed by atoms with Crippen LogP contribution in [-0.4, -0.2) is 42.4 Å². The molecule has 0 aliphatic carbocycles. The first-order chi connectivity index (χ1) is 8.08. The zero-order valence-electron chi connectivity index (χ0n) is 10.7. The van der Waals surface area contributed by atoms with Crippen LogP contribution in [0.5, 0.6) is 0 Å². The quantitative estimate of drug-likeness (QED) is 0.615. The van der Waals surface area contributed by atoms with Gasteiger partial charge < -0.3 is 20.9 Å². The van der Waals surface area contributed by atoms with Gasteiger partial charge in [0, 0.05) is 19.2 Å². The number of nitrogens with one attached hydrogen (secondary N) is 1. The Hall–Kier alpha value is -0.650. The number of carbonyl (C=O) groups is 1. The fourth-order valence-corrected chi connectivity index (χ4v) is 2.06. The smallest absolute Gasteiger partial charge is 0.249 e. The van der Waals surface area contributed by atoms with Crippen molar-refractivity contribution in [1.29, 1.82) is 0 Å². The summed E-state index contributed by atoms with van der Waals surface area (Å²) in [4.78, 5) is 11.9. The average molecular weight is 244 g/mol. The largest absolute Gasteiger partial charge is 0.396 e. The Kier molecular flexibility index (Phi) is 5.88. The van der Waals surface area contributed by atoms with Crippen molar-refractivity contribution >= 4 is 5.91 Å². The summed E-state index contributed by atoms with van der Waals surface area (Å²) in [5.74, 6) is 0.228. The topological polar surface area (TPSA) is 84.6 Å². The first-order valence-electron chi connectivity index (χ1n) is 6.35. The molecule has 1 amide bonds. The Balaban J connectivity index is 2.42. The first-order valence-corrected chi connectivity index (χ1v) is 6.35. The van der Waals surface area contributed by atoms with Gasteiger partial charge in [-0.15, -0.1) is 0 Å². The zero-order valence-corrected chi connectivity index (χ0v) is 10.7. The van der Waals surface area contributed by atoms with Crippen LogP contribution in [0.3, 0.4) is 0 Å². The number of ether oxygens (including phenoxy) is 1. The van der Waals surface area contributed by atoms with Crippen LogP contribution in [0.15, 0.2) is 0 Å². The second-order valence-electron chi connectivity index (χ2n) is 4.93. The predicted octanol–water partition coefficient (Wildman–Crippen LogP) is 0.0159. The molecule has 1 rings (SSSR count). The summed E-state index contributed by atoms with van der Waals surface area (Å²) in [6.07, 6.45) is 1.80. The van der Waals surface area contributed by atoms with E-state index in [0.29, 0.717) is 18.9 Å². The SMILES string of the molecule is CC(C)C(CCO)NC(=O)C1CCC(CN)O1. The van der Waals surface area contributed by atoms with E-state index < -0.39 is 0 Å². The number of rotatable bonds is 6. The lowest BCUT2D eigenvalue weighted by atomic mass is 10.0. The number of hydrogen-bond acceptors (Lipinski definition) is 4. The van der Waals surface area contributed by atoms with E-state index in [1.165, 1.54) is 0 Å². The van der Waals surface area contributed by atoms with Gasteiger partial charge in [-0.2, -0.15) is 0 Å². The molecule has 3 unspecified atom stereocenters. The van der Waals surface area contributed by atoms with Crippen molar-refractivity contribution in [2.24, 2.45) is 11.7 Å². The zero-order chi connectivity index (χ0) is 12.8. The van der Waals surface area contributed by atoms with Crippen molar-refractivity contribution in [3.63, 3.8) is 0 Å². The van der Waals surface area contributed by atoms with Gasteiger partial charge in [0.1, 0.15) is 6.10 Å². The Morgan fingerprint density at radius 2 is 2.24 bits per heavy atom. The van der Waals surface area contributed by atoms with Gasteiger partial charge in [0.15, 0.2) is 0 Å². The monoisotopic (exact) mass is 244 g/mol. The van der Waals surface area contributed by atoms with E-state index in [4.69, 9.17) is 15.6 Å². The van der Waals surface area contributed by atoms with Gasteiger partial charge in [0.2, 0.25) is 5.91 Å². The summed E-state index contributed by atoms with van der Waals surface area (Å²) >= 11 is 0. The van der Waals surface area contributed by atoms with Gasteiger partial charge in [-0.05, 0) is 25.2 Å². The highest BCUT2D eigenvalue weighted by Gasteiger charge is 2.31. The molecule has 3 atom stereocenters. The third-order valence-electron chi connectivity index (χ3n) is 3.24. The number of nitrogens with two attached hydrogens (primary N) is 1. The van der Waals surface area contributed by atoms with Crippen LogP contribution >= 0.6 is 0 Å². The summed E-state index contributed by atoms with van der Waals surface area (Å²) in [7, 11) is 0. The van der Waals surface area contributed by atoms with Crippen LogP contribution in [0.4, 0.5) is 0 Å². The van der Waals surface area contributed by atoms with E-state index in [-0.39, 0.29) is 30.8 Å². The van der Waals surface area contributed by atoms with Gasteiger partial charge in [-0.1, -0.05) is 13.8 Å². The second-order valence-corrected chi connectivity index (χ2v) is 4.93. The number of amides is 1. The molecule has 0 aromatic heterocycles. The van der Waals surface area contributed by atoms with Crippen molar-refractivity contribution in [3.05, 3.63) is 0 Å². The lowest BCUT2D eigenvalue weighted by Crippen LogP contribution is -2.44. The lowest BCUT2D eigenvalue weighted by Gasteiger charge is -2.23. The molecule has 0 aromatic carbocycles. The summed E-state index contributed by atoms with van der Waals surface area (Å²) in [6, 6.07) is 0.00743. The lowest BCUT2D eigenvalue weighted by molar-refractivity contribution is -0.133. The molecule has 5 nitrogen and oxygen atoms in total. The Bertz CT molecular complexity index is 246. The third kappa shape index (κ3) is 4.26. The minimum atomic E-state index is -0.372. The average Bonchev–Trinajstić information content (AvgIpc) is 2.76. The molecule has 100 valence electrons. The van der Waals surface area contributed by atoms with E-state index >= 15 is 0 Å². The predicted molar refractivity (Wildman–Crippen MR) is 65.4 cm³/mol. The number of aliphatic hydroxyl groups excluding tert-OH is 1. The normalized spacial score (nSPS) is 26.2. The van der Waals surface area contributed by atoms with Crippen LogP contribution < -0.4 is 11.1 Å². The Morgan fingerprint density at radius 3 is 2.71 bits per heavy atom. The van der Waals surface area contributed by atoms with E-state index in [1.807, 2.05) is 13.8 Å². The molecular weight excluding hydrogens is 220 g/mol. The summed E-state index contributed by atoms with van der Waals surface area (Å²) in [5, 5.41) is 11.9. The van der Waals surface area contributed by atoms with E-state index in [9.17, 15) is 4.79 Å². The minimum Gasteiger partial charge on any atom is -0.396 e. The van der Waals surface area contributed by atoms with Crippen LogP contribution in [0, 0.1) is 5.92 Å². The molecule has 5 heteroatoms. The summed E-state index contributed by atoms with van der Waals surface area (Å²) in [5.41, 5.74) is 5.50. The summed E-state index contributed by atoms with van der Waals surface area (Å²) in [6.45, 7) is 4.60. The fraction of sp³-hybridized carbons (Fsp3) is 0.917. The highest BCUT2D eigenvalue weighted by molar-refractivity contribution is 5.81. The maximum atomic E-state index is 11.9. The minimum absolute atomic E-state index is 0.00743. The molecular formula is C12H24N2O3. The van der Waals surface area contributed by atoms with Crippen LogP contribution in [-0.2, 0) is 9.53 Å². The summed E-state index contributed by atoms with van der Waals surface area (Å²) < 4.78 is 5.53. The van der Waals surface area contributed by atoms with Gasteiger partial charge in [0.25, 0.3) is 0 Å². The molecule has 1 aliphatic rings. The molecule has 1 heterocycles. The van der Waals surface area contributed by atoms with Crippen molar-refractivity contribution in [2.45, 2.75) is 51.4 Å². The number of aliphatic hydroxyl groups is 1. The van der Waals surface area contributed by atoms with Gasteiger partial charge in [-0.3, -0.25) is 4.79 Å². The molecule has 0 saturated carbocycles. The standard InChI is InChI=1S/C12H24N2O3/c1-8(2)10(5-6-15)14-12(16)11-4-3-9(7-13)17-11/h8-11,15H,3-7,13H2,1-2H3,(H,14,16). The van der Waals surface area contributed by atoms with Crippen molar-refractivity contribution in [2.75, 3.05) is 13.2 Å². The number of hydrogen-bond donors (Lipinski definition) is 3. The first kappa shape index (κ1) is 14.4. The molecule has 17 heavy (non-hydrogen) atoms. The van der Waals surface area contributed by atoms with Crippen molar-refractivity contribution in [3.8, 4) is 0 Å². The third-order valence-corrected chi connectivity index (χ3v) is 3.24. The van der Waals surface area contributed by atoms with Gasteiger partial charge in [-0.25, -0.2) is 0 Å². The molecule has 0 spiro atoms. The van der Waals surface area contributed by atoms with E-state index in [2.05, 4.69) is 5.32 Å². The van der Waals surface area contributed by atoms with E-state index in [1.54, 1.807) is 0 Å².